The van der Waals surface area contributed by atoms with Crippen LogP contribution < -0.4 is 0 Å². The van der Waals surface area contributed by atoms with Crippen LogP contribution in [0.1, 0.15) is 16.1 Å². The first-order valence-corrected chi connectivity index (χ1v) is 5.48. The molecule has 1 aromatic heterocycles. The highest BCUT2D eigenvalue weighted by atomic mass is 79.9. The Morgan fingerprint density at radius 2 is 1.94 bits per heavy atom. The van der Waals surface area contributed by atoms with E-state index in [1.165, 1.54) is 12.3 Å². The van der Waals surface area contributed by atoms with Crippen molar-refractivity contribution in [3.63, 3.8) is 0 Å². The number of rotatable bonds is 2. The van der Waals surface area contributed by atoms with Crippen LogP contribution in [0, 0.1) is 11.6 Å². The molecule has 0 radical (unpaired) electrons. The molecule has 0 aliphatic heterocycles. The molecule has 5 heteroatoms. The summed E-state index contributed by atoms with van der Waals surface area (Å²) in [4.78, 5) is 15.7. The molecule has 0 aliphatic rings. The molecule has 0 fully saturated rings. The molecule has 1 aromatic carbocycles. The van der Waals surface area contributed by atoms with Crippen molar-refractivity contribution < 1.29 is 13.6 Å². The van der Waals surface area contributed by atoms with Crippen LogP contribution >= 0.6 is 15.9 Å². The quantitative estimate of drug-likeness (QED) is 0.796. The average molecular weight is 298 g/mol. The molecule has 0 saturated carbocycles. The molecule has 86 valence electrons. The van der Waals surface area contributed by atoms with Crippen molar-refractivity contribution >= 4 is 21.7 Å². The minimum absolute atomic E-state index is 0.0673. The minimum Gasteiger partial charge on any atom is -0.287 e. The summed E-state index contributed by atoms with van der Waals surface area (Å²) in [5.74, 6) is -2.07. The third kappa shape index (κ3) is 2.55. The van der Waals surface area contributed by atoms with E-state index >= 15 is 0 Å². The van der Waals surface area contributed by atoms with Gasteiger partial charge in [0.2, 0.25) is 5.78 Å². The van der Waals surface area contributed by atoms with Crippen LogP contribution in [0.4, 0.5) is 8.78 Å². The van der Waals surface area contributed by atoms with E-state index in [4.69, 9.17) is 0 Å². The van der Waals surface area contributed by atoms with Crippen molar-refractivity contribution in [1.82, 2.24) is 4.98 Å². The summed E-state index contributed by atoms with van der Waals surface area (Å²) in [6.45, 7) is 0. The number of aromatic nitrogens is 1. The number of carbonyl (C=O) groups is 1. The maximum Gasteiger partial charge on any atom is 0.214 e. The van der Waals surface area contributed by atoms with Gasteiger partial charge >= 0.3 is 0 Å². The molecule has 0 bridgehead atoms. The van der Waals surface area contributed by atoms with Gasteiger partial charge in [0.1, 0.15) is 17.3 Å². The van der Waals surface area contributed by atoms with Gasteiger partial charge in [0.05, 0.1) is 5.56 Å². The summed E-state index contributed by atoms with van der Waals surface area (Å²) in [6, 6.07) is 5.79. The fourth-order valence-electron chi connectivity index (χ4n) is 1.32. The summed E-state index contributed by atoms with van der Waals surface area (Å²) in [5.41, 5.74) is -0.252. The first kappa shape index (κ1) is 11.9. The van der Waals surface area contributed by atoms with Gasteiger partial charge < -0.3 is 0 Å². The molecule has 0 N–H and O–H groups in total. The Hall–Kier alpha value is -1.62. The third-order valence-corrected chi connectivity index (χ3v) is 2.60. The van der Waals surface area contributed by atoms with Gasteiger partial charge in [0, 0.05) is 10.7 Å². The van der Waals surface area contributed by atoms with E-state index < -0.39 is 17.4 Å². The van der Waals surface area contributed by atoms with Crippen molar-refractivity contribution in [2.75, 3.05) is 0 Å². The summed E-state index contributed by atoms with van der Waals surface area (Å²) in [5, 5.41) is 0. The van der Waals surface area contributed by atoms with Crippen LogP contribution in [0.25, 0.3) is 0 Å². The number of carbonyl (C=O) groups excluding carboxylic acids is 1. The second-order valence-electron chi connectivity index (χ2n) is 3.31. The Kier molecular flexibility index (Phi) is 3.28. The van der Waals surface area contributed by atoms with Gasteiger partial charge in [-0.2, -0.15) is 0 Å². The average Bonchev–Trinajstić information content (AvgIpc) is 2.32. The normalized spacial score (nSPS) is 10.3. The Morgan fingerprint density at radius 1 is 1.18 bits per heavy atom. The van der Waals surface area contributed by atoms with Crippen LogP contribution in [-0.2, 0) is 0 Å². The molecule has 0 atom stereocenters. The van der Waals surface area contributed by atoms with Crippen molar-refractivity contribution in [1.29, 1.82) is 0 Å². The van der Waals surface area contributed by atoms with Gasteiger partial charge in [-0.1, -0.05) is 0 Å². The van der Waals surface area contributed by atoms with Crippen molar-refractivity contribution in [2.24, 2.45) is 0 Å². The summed E-state index contributed by atoms with van der Waals surface area (Å²) in [7, 11) is 0. The molecule has 2 nitrogen and oxygen atoms in total. The van der Waals surface area contributed by atoms with Crippen LogP contribution in [0.3, 0.4) is 0 Å². The zero-order valence-corrected chi connectivity index (χ0v) is 10.0. The van der Waals surface area contributed by atoms with Gasteiger partial charge in [-0.05, 0) is 46.3 Å². The van der Waals surface area contributed by atoms with Crippen LogP contribution in [0.5, 0.6) is 0 Å². The predicted molar refractivity (Wildman–Crippen MR) is 61.7 cm³/mol. The van der Waals surface area contributed by atoms with E-state index in [0.717, 1.165) is 18.2 Å². The third-order valence-electron chi connectivity index (χ3n) is 2.13. The monoisotopic (exact) mass is 297 g/mol. The first-order chi connectivity index (χ1) is 8.08. The highest BCUT2D eigenvalue weighted by Crippen LogP contribution is 2.15. The molecule has 0 unspecified atom stereocenters. The van der Waals surface area contributed by atoms with E-state index in [9.17, 15) is 13.6 Å². The zero-order chi connectivity index (χ0) is 12.4. The second-order valence-corrected chi connectivity index (χ2v) is 4.23. The Morgan fingerprint density at radius 3 is 2.59 bits per heavy atom. The Bertz CT molecular complexity index is 569. The number of halogens is 3. The van der Waals surface area contributed by atoms with E-state index in [2.05, 4.69) is 20.9 Å². The lowest BCUT2D eigenvalue weighted by Gasteiger charge is -2.02. The first-order valence-electron chi connectivity index (χ1n) is 4.69. The SMILES string of the molecule is O=C(c1ccc(Br)cn1)c1cc(F)ccc1F. The summed E-state index contributed by atoms with van der Waals surface area (Å²) in [6.07, 6.45) is 1.42. The zero-order valence-electron chi connectivity index (χ0n) is 8.45. The van der Waals surface area contributed by atoms with Gasteiger partial charge in [-0.25, -0.2) is 8.78 Å². The number of benzene rings is 1. The number of hydrogen-bond acceptors (Lipinski definition) is 2. The van der Waals surface area contributed by atoms with Crippen molar-refractivity contribution in [3.05, 3.63) is 63.9 Å². The Labute approximate surface area is 104 Å². The minimum atomic E-state index is -0.763. The van der Waals surface area contributed by atoms with Gasteiger partial charge in [0.25, 0.3) is 0 Å². The highest BCUT2D eigenvalue weighted by molar-refractivity contribution is 9.10. The molecular weight excluding hydrogens is 292 g/mol. The van der Waals surface area contributed by atoms with Gasteiger partial charge in [0.15, 0.2) is 0 Å². The maximum atomic E-state index is 13.4. The van der Waals surface area contributed by atoms with Crippen molar-refractivity contribution in [3.8, 4) is 0 Å². The summed E-state index contributed by atoms with van der Waals surface area (Å²) >= 11 is 3.17. The molecule has 2 rings (SSSR count). The molecule has 0 spiro atoms. The lowest BCUT2D eigenvalue weighted by atomic mass is 10.1. The fraction of sp³-hybridized carbons (Fsp3) is 0. The molecule has 1 heterocycles. The Balaban J connectivity index is 2.43. The number of ketones is 1. The predicted octanol–water partition coefficient (Wildman–Crippen LogP) is 3.35. The van der Waals surface area contributed by atoms with Crippen LogP contribution in [0.15, 0.2) is 41.0 Å². The molecule has 0 aliphatic carbocycles. The van der Waals surface area contributed by atoms with Crippen LogP contribution in [0.2, 0.25) is 0 Å². The molecule has 0 saturated heterocycles. The molecule has 17 heavy (non-hydrogen) atoms. The van der Waals surface area contributed by atoms with E-state index in [1.54, 1.807) is 6.07 Å². The molecule has 0 amide bonds. The lowest BCUT2D eigenvalue weighted by Crippen LogP contribution is -2.06. The molecular formula is C12H6BrF2NO. The summed E-state index contributed by atoms with van der Waals surface area (Å²) < 4.78 is 27.0. The second kappa shape index (κ2) is 4.71. The maximum absolute atomic E-state index is 13.4. The van der Waals surface area contributed by atoms with Gasteiger partial charge in [-0.3, -0.25) is 9.78 Å². The fourth-order valence-corrected chi connectivity index (χ4v) is 1.55. The number of nitrogens with zero attached hydrogens (tertiary/aromatic N) is 1. The smallest absolute Gasteiger partial charge is 0.214 e. The van der Waals surface area contributed by atoms with E-state index in [-0.39, 0.29) is 11.3 Å². The topological polar surface area (TPSA) is 30.0 Å². The van der Waals surface area contributed by atoms with Crippen LogP contribution in [-0.4, -0.2) is 10.8 Å². The molecule has 2 aromatic rings. The number of hydrogen-bond donors (Lipinski definition) is 0. The largest absolute Gasteiger partial charge is 0.287 e. The van der Waals surface area contributed by atoms with E-state index in [1.807, 2.05) is 0 Å². The van der Waals surface area contributed by atoms with Gasteiger partial charge in [-0.15, -0.1) is 0 Å². The lowest BCUT2D eigenvalue weighted by molar-refractivity contribution is 0.103. The van der Waals surface area contributed by atoms with E-state index in [0.29, 0.717) is 4.47 Å². The number of pyridine rings is 1. The van der Waals surface area contributed by atoms with Crippen molar-refractivity contribution in [2.45, 2.75) is 0 Å². The standard InChI is InChI=1S/C12H6BrF2NO/c13-7-1-4-11(16-6-7)12(17)9-5-8(14)2-3-10(9)15/h1-6H. The highest BCUT2D eigenvalue weighted by Gasteiger charge is 2.15.